The second-order valence-electron chi connectivity index (χ2n) is 4.46. The van der Waals surface area contributed by atoms with Crippen LogP contribution in [0.2, 0.25) is 0 Å². The number of nitrogens with one attached hydrogen (secondary N) is 1. The smallest absolute Gasteiger partial charge is 0.326 e. The van der Waals surface area contributed by atoms with Gasteiger partial charge in [-0.1, -0.05) is 30.3 Å². The Balaban J connectivity index is 1.95. The molecule has 1 aromatic rings. The topological polar surface area (TPSA) is 58.6 Å². The Morgan fingerprint density at radius 1 is 1.47 bits per heavy atom. The van der Waals surface area contributed by atoms with Crippen LogP contribution in [0.3, 0.4) is 0 Å². The number of rotatable bonds is 4. The van der Waals surface area contributed by atoms with Crippen LogP contribution in [-0.2, 0) is 9.53 Å². The first-order valence-electron chi connectivity index (χ1n) is 6.42. The molecule has 0 aromatic heterocycles. The van der Waals surface area contributed by atoms with Crippen LogP contribution in [0.25, 0.3) is 0 Å². The summed E-state index contributed by atoms with van der Waals surface area (Å²) in [6, 6.07) is 9.06. The molecule has 5 nitrogen and oxygen atoms in total. The molecule has 1 fully saturated rings. The van der Waals surface area contributed by atoms with E-state index in [4.69, 9.17) is 4.74 Å². The van der Waals surface area contributed by atoms with Crippen molar-refractivity contribution in [1.82, 2.24) is 10.2 Å². The molecule has 0 bridgehead atoms. The van der Waals surface area contributed by atoms with Crippen LogP contribution in [0.5, 0.6) is 0 Å². The van der Waals surface area contributed by atoms with Crippen LogP contribution >= 0.6 is 0 Å². The zero-order valence-electron chi connectivity index (χ0n) is 11.1. The van der Waals surface area contributed by atoms with Gasteiger partial charge in [0.15, 0.2) is 0 Å². The fourth-order valence-corrected chi connectivity index (χ4v) is 2.04. The van der Waals surface area contributed by atoms with E-state index in [2.05, 4.69) is 5.32 Å². The van der Waals surface area contributed by atoms with Gasteiger partial charge in [0, 0.05) is 6.61 Å². The van der Waals surface area contributed by atoms with E-state index in [-0.39, 0.29) is 18.4 Å². The average Bonchev–Trinajstić information content (AvgIpc) is 2.39. The molecule has 3 amide bonds. The summed E-state index contributed by atoms with van der Waals surface area (Å²) in [6.45, 7) is 4.20. The first-order chi connectivity index (χ1) is 9.13. The summed E-state index contributed by atoms with van der Waals surface area (Å²) in [7, 11) is 0. The van der Waals surface area contributed by atoms with Gasteiger partial charge in [-0.05, 0) is 19.4 Å². The van der Waals surface area contributed by atoms with Gasteiger partial charge in [-0.3, -0.25) is 4.79 Å². The number of β-lactam (4-membered cyclic amide) rings is 1. The summed E-state index contributed by atoms with van der Waals surface area (Å²) in [6.07, 6.45) is -0.137. The highest BCUT2D eigenvalue weighted by atomic mass is 16.5. The van der Waals surface area contributed by atoms with Crippen LogP contribution in [0.4, 0.5) is 4.79 Å². The van der Waals surface area contributed by atoms with Gasteiger partial charge in [0.1, 0.15) is 6.23 Å². The van der Waals surface area contributed by atoms with E-state index in [1.807, 2.05) is 44.2 Å². The number of likely N-dealkylation sites (tertiary alicyclic amines) is 1. The molecule has 0 radical (unpaired) electrons. The fraction of sp³-hybridized carbons (Fsp3) is 0.429. The molecule has 1 heterocycles. The molecule has 2 atom stereocenters. The van der Waals surface area contributed by atoms with Crippen molar-refractivity contribution in [2.24, 2.45) is 0 Å². The molecular weight excluding hydrogens is 244 g/mol. The lowest BCUT2D eigenvalue weighted by molar-refractivity contribution is -0.163. The number of benzene rings is 1. The van der Waals surface area contributed by atoms with Crippen molar-refractivity contribution in [3.05, 3.63) is 35.9 Å². The minimum absolute atomic E-state index is 0.149. The van der Waals surface area contributed by atoms with Gasteiger partial charge in [0.25, 0.3) is 0 Å². The number of imide groups is 1. The van der Waals surface area contributed by atoms with Crippen molar-refractivity contribution in [1.29, 1.82) is 0 Å². The molecule has 0 spiro atoms. The van der Waals surface area contributed by atoms with Gasteiger partial charge in [0.2, 0.25) is 5.91 Å². The number of nitrogens with zero attached hydrogens (tertiary/aromatic N) is 1. The lowest BCUT2D eigenvalue weighted by atomic mass is 10.1. The number of carbonyl (C=O) groups excluding carboxylic acids is 2. The maximum Gasteiger partial charge on any atom is 0.326 e. The Hall–Kier alpha value is -1.88. The fourth-order valence-electron chi connectivity index (χ4n) is 2.04. The molecule has 2 unspecified atom stereocenters. The molecule has 1 aliphatic heterocycles. The maximum atomic E-state index is 12.0. The Morgan fingerprint density at radius 3 is 2.74 bits per heavy atom. The Bertz CT molecular complexity index is 461. The van der Waals surface area contributed by atoms with E-state index in [0.717, 1.165) is 10.5 Å². The van der Waals surface area contributed by atoms with Crippen molar-refractivity contribution in [2.75, 3.05) is 6.61 Å². The zero-order valence-corrected chi connectivity index (χ0v) is 11.1. The van der Waals surface area contributed by atoms with Crippen LogP contribution in [0.15, 0.2) is 30.3 Å². The largest absolute Gasteiger partial charge is 0.357 e. The molecule has 1 N–H and O–H groups in total. The number of carbonyl (C=O) groups is 2. The Labute approximate surface area is 112 Å². The van der Waals surface area contributed by atoms with Crippen LogP contribution in [0.1, 0.15) is 31.9 Å². The molecule has 2 rings (SSSR count). The molecule has 1 saturated heterocycles. The highest BCUT2D eigenvalue weighted by Gasteiger charge is 2.41. The van der Waals surface area contributed by atoms with E-state index in [1.54, 1.807) is 0 Å². The van der Waals surface area contributed by atoms with Crippen molar-refractivity contribution in [2.45, 2.75) is 32.5 Å². The highest BCUT2D eigenvalue weighted by molar-refractivity contribution is 5.99. The van der Waals surface area contributed by atoms with Gasteiger partial charge in [0.05, 0.1) is 12.5 Å². The van der Waals surface area contributed by atoms with Gasteiger partial charge >= 0.3 is 6.03 Å². The third-order valence-electron chi connectivity index (χ3n) is 3.12. The van der Waals surface area contributed by atoms with Crippen LogP contribution < -0.4 is 5.32 Å². The number of ether oxygens (including phenoxy) is 1. The predicted molar refractivity (Wildman–Crippen MR) is 70.3 cm³/mol. The average molecular weight is 262 g/mol. The number of urea groups is 1. The summed E-state index contributed by atoms with van der Waals surface area (Å²) >= 11 is 0. The molecule has 0 saturated carbocycles. The summed E-state index contributed by atoms with van der Waals surface area (Å²) in [4.78, 5) is 24.6. The lowest BCUT2D eigenvalue weighted by Gasteiger charge is -2.38. The number of hydrogen-bond donors (Lipinski definition) is 1. The van der Waals surface area contributed by atoms with Crippen molar-refractivity contribution < 1.29 is 14.3 Å². The predicted octanol–water partition coefficient (Wildman–Crippen LogP) is 2.05. The lowest BCUT2D eigenvalue weighted by Crippen LogP contribution is -2.59. The van der Waals surface area contributed by atoms with Crippen molar-refractivity contribution >= 4 is 11.9 Å². The molecule has 0 aliphatic carbocycles. The first kappa shape index (κ1) is 13.5. The van der Waals surface area contributed by atoms with E-state index in [1.165, 1.54) is 0 Å². The third-order valence-corrected chi connectivity index (χ3v) is 3.12. The normalized spacial score (nSPS) is 19.8. The molecule has 1 aliphatic rings. The number of amides is 3. The van der Waals surface area contributed by atoms with Gasteiger partial charge in [-0.2, -0.15) is 0 Å². The quantitative estimate of drug-likeness (QED) is 0.845. The third kappa shape index (κ3) is 2.93. The van der Waals surface area contributed by atoms with E-state index in [9.17, 15) is 9.59 Å². The van der Waals surface area contributed by atoms with Gasteiger partial charge < -0.3 is 10.1 Å². The molecule has 5 heteroatoms. The molecule has 1 aromatic carbocycles. The monoisotopic (exact) mass is 262 g/mol. The van der Waals surface area contributed by atoms with E-state index < -0.39 is 12.3 Å². The van der Waals surface area contributed by atoms with Crippen LogP contribution in [-0.4, -0.2) is 29.7 Å². The molecular formula is C14H18N2O3. The van der Waals surface area contributed by atoms with E-state index in [0.29, 0.717) is 6.61 Å². The second-order valence-corrected chi connectivity index (χ2v) is 4.46. The summed E-state index contributed by atoms with van der Waals surface area (Å²) in [5.74, 6) is -0.198. The zero-order chi connectivity index (χ0) is 13.8. The Morgan fingerprint density at radius 2 is 2.16 bits per heavy atom. The highest BCUT2D eigenvalue weighted by Crippen LogP contribution is 2.21. The molecule has 102 valence electrons. The minimum atomic E-state index is -0.416. The summed E-state index contributed by atoms with van der Waals surface area (Å²) in [5.41, 5.74) is 0.997. The SMILES string of the molecule is CCOC1CC(=O)N1C(=O)NC(C)c1ccccc1. The minimum Gasteiger partial charge on any atom is -0.357 e. The molecule has 19 heavy (non-hydrogen) atoms. The van der Waals surface area contributed by atoms with Crippen molar-refractivity contribution in [3.8, 4) is 0 Å². The second kappa shape index (κ2) is 5.84. The standard InChI is InChI=1S/C14H18N2O3/c1-3-19-13-9-12(17)16(13)14(18)15-10(2)11-7-5-4-6-8-11/h4-8,10,13H,3,9H2,1-2H3,(H,15,18). The summed E-state index contributed by atoms with van der Waals surface area (Å²) < 4.78 is 5.31. The first-order valence-corrected chi connectivity index (χ1v) is 6.42. The van der Waals surface area contributed by atoms with Gasteiger partial charge in [-0.15, -0.1) is 0 Å². The summed E-state index contributed by atoms with van der Waals surface area (Å²) in [5, 5.41) is 2.80. The maximum absolute atomic E-state index is 12.0. The Kier molecular flexibility index (Phi) is 4.16. The van der Waals surface area contributed by atoms with Crippen molar-refractivity contribution in [3.63, 3.8) is 0 Å². The van der Waals surface area contributed by atoms with Gasteiger partial charge in [-0.25, -0.2) is 9.69 Å². The number of hydrogen-bond acceptors (Lipinski definition) is 3. The van der Waals surface area contributed by atoms with Crippen LogP contribution in [0, 0.1) is 0 Å². The van der Waals surface area contributed by atoms with E-state index >= 15 is 0 Å².